The molecule has 0 aliphatic rings. The molecule has 1 atom stereocenters. The quantitative estimate of drug-likeness (QED) is 0.0217. The van der Waals surface area contributed by atoms with E-state index in [0.29, 0.717) is 37.4 Å². The number of hydrogen-bond acceptors (Lipinski definition) is 9. The number of nitrogens with one attached hydrogen (secondary N) is 2. The number of esters is 2. The predicted octanol–water partition coefficient (Wildman–Crippen LogP) is 12.8. The van der Waals surface area contributed by atoms with E-state index in [9.17, 15) is 19.2 Å². The van der Waals surface area contributed by atoms with E-state index in [1.165, 1.54) is 94.3 Å². The van der Waals surface area contributed by atoms with E-state index in [1.54, 1.807) is 7.05 Å². The first-order valence-electron chi connectivity index (χ1n) is 24.8. The summed E-state index contributed by atoms with van der Waals surface area (Å²) in [6.07, 6.45) is 37.2. The molecule has 0 spiro atoms. The van der Waals surface area contributed by atoms with Crippen LogP contribution in [0.5, 0.6) is 0 Å². The second-order valence-electron chi connectivity index (χ2n) is 17.1. The molecule has 10 heteroatoms. The van der Waals surface area contributed by atoms with Crippen LogP contribution in [-0.2, 0) is 19.1 Å². The van der Waals surface area contributed by atoms with Gasteiger partial charge in [0.25, 0.3) is 10.9 Å². The normalized spacial score (nSPS) is 12.0. The topological polar surface area (TPSA) is 114 Å². The molecule has 0 radical (unpaired) electrons. The molecular weight excluding hydrogens is 853 g/mol. The van der Waals surface area contributed by atoms with Gasteiger partial charge < -0.3 is 25.0 Å². The molecule has 0 fully saturated rings. The number of carbonyl (C=O) groups is 2. The highest BCUT2D eigenvalue weighted by molar-refractivity contribution is 14.1. The third-order valence-electron chi connectivity index (χ3n) is 11.7. The van der Waals surface area contributed by atoms with Gasteiger partial charge in [-0.2, -0.15) is 0 Å². The van der Waals surface area contributed by atoms with Gasteiger partial charge in [-0.3, -0.25) is 19.2 Å². The minimum Gasteiger partial charge on any atom is -0.466 e. The van der Waals surface area contributed by atoms with Crippen LogP contribution < -0.4 is 21.5 Å². The first kappa shape index (κ1) is 55.3. The summed E-state index contributed by atoms with van der Waals surface area (Å²) in [6.45, 7) is 8.71. The van der Waals surface area contributed by atoms with Crippen LogP contribution in [0, 0.1) is 0 Å². The third-order valence-corrected chi connectivity index (χ3v) is 12.4. The molecule has 344 valence electrons. The van der Waals surface area contributed by atoms with E-state index in [-0.39, 0.29) is 18.0 Å². The van der Waals surface area contributed by atoms with Crippen molar-refractivity contribution in [2.24, 2.45) is 0 Å². The summed E-state index contributed by atoms with van der Waals surface area (Å²) >= 11 is 2.46. The van der Waals surface area contributed by atoms with Gasteiger partial charge in [-0.1, -0.05) is 165 Å². The highest BCUT2D eigenvalue weighted by Crippen LogP contribution is 2.19. The van der Waals surface area contributed by atoms with Gasteiger partial charge in [-0.05, 0) is 94.7 Å². The average Bonchev–Trinajstić information content (AvgIpc) is 3.23. The molecule has 9 nitrogen and oxygen atoms in total. The van der Waals surface area contributed by atoms with Gasteiger partial charge in [-0.15, -0.1) is 0 Å². The Labute approximate surface area is 375 Å². The van der Waals surface area contributed by atoms with Gasteiger partial charge in [0.1, 0.15) is 17.5 Å². The second kappa shape index (κ2) is 40.4. The largest absolute Gasteiger partial charge is 0.466 e. The van der Waals surface area contributed by atoms with Gasteiger partial charge >= 0.3 is 11.9 Å². The van der Waals surface area contributed by atoms with Gasteiger partial charge in [0.2, 0.25) is 0 Å². The van der Waals surface area contributed by atoms with E-state index in [2.05, 4.69) is 52.0 Å². The Morgan fingerprint density at radius 1 is 0.542 bits per heavy atom. The SMILES string of the molecule is CCCCCCCCCOC(=O)CCCCCCCN(CCCCCCCC(=O)OC(CCCCCCCC)CCCCCCCI)CCCNc1c(NC)c(=O)c1=O. The average molecular weight is 944 g/mol. The zero-order chi connectivity index (χ0) is 43.0. The maximum absolute atomic E-state index is 12.8. The number of alkyl halides is 1. The molecule has 59 heavy (non-hydrogen) atoms. The smallest absolute Gasteiger partial charge is 0.306 e. The highest BCUT2D eigenvalue weighted by Gasteiger charge is 2.19. The Morgan fingerprint density at radius 3 is 1.53 bits per heavy atom. The van der Waals surface area contributed by atoms with Crippen LogP contribution in [0.25, 0.3) is 0 Å². The van der Waals surface area contributed by atoms with E-state index >= 15 is 0 Å². The second-order valence-corrected chi connectivity index (χ2v) is 18.2. The number of halogens is 1. The molecule has 0 bridgehead atoms. The lowest BCUT2D eigenvalue weighted by atomic mass is 10.0. The number of nitrogens with zero attached hydrogens (tertiary/aromatic N) is 1. The zero-order valence-electron chi connectivity index (χ0n) is 38.4. The van der Waals surface area contributed by atoms with Gasteiger partial charge in [0.05, 0.1) is 6.61 Å². The molecule has 0 aromatic heterocycles. The van der Waals surface area contributed by atoms with Crippen molar-refractivity contribution < 1.29 is 19.1 Å². The molecule has 0 saturated carbocycles. The minimum atomic E-state index is -0.440. The Hall–Kier alpha value is -1.69. The molecule has 1 rings (SSSR count). The van der Waals surface area contributed by atoms with Crippen LogP contribution in [0.15, 0.2) is 9.59 Å². The molecular formula is C49H90IN3O6. The van der Waals surface area contributed by atoms with Crippen molar-refractivity contribution in [3.05, 3.63) is 20.4 Å². The van der Waals surface area contributed by atoms with E-state index < -0.39 is 10.9 Å². The number of carbonyl (C=O) groups excluding carboxylic acids is 2. The molecule has 1 aromatic carbocycles. The maximum Gasteiger partial charge on any atom is 0.306 e. The fourth-order valence-electron chi connectivity index (χ4n) is 7.89. The first-order valence-corrected chi connectivity index (χ1v) is 26.3. The lowest BCUT2D eigenvalue weighted by Gasteiger charge is -2.23. The van der Waals surface area contributed by atoms with Crippen LogP contribution in [0.3, 0.4) is 0 Å². The van der Waals surface area contributed by atoms with Crippen molar-refractivity contribution >= 4 is 45.9 Å². The molecule has 0 amide bonds. The number of ether oxygens (including phenoxy) is 2. The third kappa shape index (κ3) is 30.9. The molecule has 0 aliphatic heterocycles. The van der Waals surface area contributed by atoms with E-state index in [4.69, 9.17) is 9.47 Å². The Bertz CT molecular complexity index is 1190. The van der Waals surface area contributed by atoms with Crippen LogP contribution in [-0.4, -0.2) is 67.2 Å². The van der Waals surface area contributed by atoms with Crippen LogP contribution in [0.1, 0.15) is 226 Å². The Kier molecular flexibility index (Phi) is 37.9. The standard InChI is InChI=1S/C49H90IN3O6/c1-4-6-8-10-12-23-31-42-58-44(54)35-26-18-14-21-29-39-53(41-32-38-52-47-46(51-3)48(56)49(47)57)40-30-22-15-19-27-36-45(55)59-43(33-24-16-11-9-7-5-2)34-25-17-13-20-28-37-50/h43,51-52H,4-42H2,1-3H3. The monoisotopic (exact) mass is 944 g/mol. The summed E-state index contributed by atoms with van der Waals surface area (Å²) in [5, 5.41) is 6.01. The van der Waals surface area contributed by atoms with Crippen molar-refractivity contribution in [1.82, 2.24) is 4.90 Å². The van der Waals surface area contributed by atoms with E-state index in [1.807, 2.05) is 0 Å². The fourth-order valence-corrected chi connectivity index (χ4v) is 8.43. The van der Waals surface area contributed by atoms with Crippen molar-refractivity contribution in [2.75, 3.05) is 54.9 Å². The summed E-state index contributed by atoms with van der Waals surface area (Å²) in [7, 11) is 1.67. The minimum absolute atomic E-state index is 0.00464. The predicted molar refractivity (Wildman–Crippen MR) is 259 cm³/mol. The summed E-state index contributed by atoms with van der Waals surface area (Å²) in [4.78, 5) is 51.2. The summed E-state index contributed by atoms with van der Waals surface area (Å²) < 4.78 is 12.7. The van der Waals surface area contributed by atoms with Gasteiger partial charge in [-0.25, -0.2) is 0 Å². The van der Waals surface area contributed by atoms with E-state index in [0.717, 1.165) is 129 Å². The molecule has 1 unspecified atom stereocenters. The molecule has 0 saturated heterocycles. The molecule has 1 aromatic rings. The van der Waals surface area contributed by atoms with Crippen molar-refractivity contribution in [2.45, 2.75) is 232 Å². The maximum atomic E-state index is 12.8. The highest BCUT2D eigenvalue weighted by atomic mass is 127. The first-order chi connectivity index (χ1) is 28.9. The van der Waals surface area contributed by atoms with Gasteiger partial charge in [0, 0.05) is 26.4 Å². The Morgan fingerprint density at radius 2 is 0.983 bits per heavy atom. The van der Waals surface area contributed by atoms with Crippen molar-refractivity contribution in [3.8, 4) is 0 Å². The van der Waals surface area contributed by atoms with Crippen molar-refractivity contribution in [3.63, 3.8) is 0 Å². The number of unbranched alkanes of at least 4 members (excludes halogenated alkanes) is 23. The molecule has 0 aliphatic carbocycles. The lowest BCUT2D eigenvalue weighted by molar-refractivity contribution is -0.150. The number of rotatable bonds is 45. The lowest BCUT2D eigenvalue weighted by Crippen LogP contribution is -2.37. The van der Waals surface area contributed by atoms with Crippen LogP contribution in [0.2, 0.25) is 0 Å². The zero-order valence-corrected chi connectivity index (χ0v) is 40.6. The number of hydrogen-bond donors (Lipinski definition) is 2. The van der Waals surface area contributed by atoms with Crippen LogP contribution >= 0.6 is 22.6 Å². The molecule has 0 heterocycles. The van der Waals surface area contributed by atoms with Crippen LogP contribution in [0.4, 0.5) is 11.4 Å². The fraction of sp³-hybridized carbons (Fsp3) is 0.878. The Balaban J connectivity index is 2.36. The van der Waals surface area contributed by atoms with Gasteiger partial charge in [0.15, 0.2) is 0 Å². The summed E-state index contributed by atoms with van der Waals surface area (Å²) in [6, 6.07) is 0. The number of anilines is 2. The summed E-state index contributed by atoms with van der Waals surface area (Å²) in [5.41, 5.74) is -0.0604. The summed E-state index contributed by atoms with van der Waals surface area (Å²) in [5.74, 6) is -0.0534. The van der Waals surface area contributed by atoms with Crippen molar-refractivity contribution in [1.29, 1.82) is 0 Å². The molecule has 2 N–H and O–H groups in total.